The van der Waals surface area contributed by atoms with Crippen LogP contribution in [0.25, 0.3) is 0 Å². The molecule has 0 aliphatic carbocycles. The third kappa shape index (κ3) is 1.53. The number of hydrogen-bond donors (Lipinski definition) is 0. The van der Waals surface area contributed by atoms with E-state index in [4.69, 9.17) is 4.52 Å². The van der Waals surface area contributed by atoms with Crippen LogP contribution in [0.15, 0.2) is 15.5 Å². The van der Waals surface area contributed by atoms with E-state index in [0.29, 0.717) is 5.56 Å². The summed E-state index contributed by atoms with van der Waals surface area (Å²) in [7, 11) is 0. The molecule has 0 bridgehead atoms. The van der Waals surface area contributed by atoms with Gasteiger partial charge in [0.1, 0.15) is 0 Å². The van der Waals surface area contributed by atoms with Crippen molar-refractivity contribution < 1.29 is 4.52 Å². The standard InChI is InChI=1S/C8H13NO2/c1-6-5-9(8(2,3)4)11-7(6)10/h5H,1-4H3. The van der Waals surface area contributed by atoms with Gasteiger partial charge in [-0.3, -0.25) is 0 Å². The van der Waals surface area contributed by atoms with Crippen LogP contribution in [0.1, 0.15) is 26.3 Å². The van der Waals surface area contributed by atoms with Crippen LogP contribution in [0.3, 0.4) is 0 Å². The zero-order chi connectivity index (χ0) is 8.65. The van der Waals surface area contributed by atoms with Crippen LogP contribution in [0, 0.1) is 6.92 Å². The minimum atomic E-state index is -0.250. The van der Waals surface area contributed by atoms with E-state index in [1.807, 2.05) is 20.8 Å². The molecule has 11 heavy (non-hydrogen) atoms. The van der Waals surface area contributed by atoms with Crippen molar-refractivity contribution >= 4 is 0 Å². The van der Waals surface area contributed by atoms with Gasteiger partial charge in [-0.2, -0.15) is 0 Å². The summed E-state index contributed by atoms with van der Waals surface area (Å²) >= 11 is 0. The maximum absolute atomic E-state index is 10.9. The first-order chi connectivity index (χ1) is 4.91. The Hall–Kier alpha value is -0.990. The van der Waals surface area contributed by atoms with Gasteiger partial charge in [0.15, 0.2) is 0 Å². The molecule has 0 unspecified atom stereocenters. The molecule has 0 aromatic carbocycles. The average Bonchev–Trinajstić information content (AvgIpc) is 2.11. The first-order valence-electron chi connectivity index (χ1n) is 3.61. The minimum Gasteiger partial charge on any atom is -0.336 e. The van der Waals surface area contributed by atoms with Gasteiger partial charge >= 0.3 is 5.63 Å². The van der Waals surface area contributed by atoms with Crippen molar-refractivity contribution in [3.8, 4) is 0 Å². The summed E-state index contributed by atoms with van der Waals surface area (Å²) in [6.07, 6.45) is 1.72. The van der Waals surface area contributed by atoms with Crippen LogP contribution in [0.5, 0.6) is 0 Å². The van der Waals surface area contributed by atoms with Crippen LogP contribution in [0.2, 0.25) is 0 Å². The number of aryl methyl sites for hydroxylation is 1. The normalized spacial score (nSPS) is 12.0. The van der Waals surface area contributed by atoms with Crippen molar-refractivity contribution in [2.24, 2.45) is 0 Å². The molecule has 1 rings (SSSR count). The lowest BCUT2D eigenvalue weighted by molar-refractivity contribution is 0.154. The number of rotatable bonds is 0. The fraction of sp³-hybridized carbons (Fsp3) is 0.625. The second-order valence-electron chi connectivity index (χ2n) is 3.69. The van der Waals surface area contributed by atoms with Gasteiger partial charge in [0.25, 0.3) is 0 Å². The predicted molar refractivity (Wildman–Crippen MR) is 42.7 cm³/mol. The summed E-state index contributed by atoms with van der Waals surface area (Å²) < 4.78 is 6.51. The van der Waals surface area contributed by atoms with Gasteiger partial charge in [0.05, 0.1) is 11.1 Å². The molecule has 0 spiro atoms. The SMILES string of the molecule is Cc1cn(C(C)(C)C)oc1=O. The second-order valence-corrected chi connectivity index (χ2v) is 3.69. The smallest absolute Gasteiger partial charge is 0.336 e. The van der Waals surface area contributed by atoms with E-state index in [0.717, 1.165) is 0 Å². The first-order valence-corrected chi connectivity index (χ1v) is 3.61. The maximum atomic E-state index is 10.9. The lowest BCUT2D eigenvalue weighted by atomic mass is 10.1. The Kier molecular flexibility index (Phi) is 1.66. The lowest BCUT2D eigenvalue weighted by Gasteiger charge is -2.17. The molecule has 0 N–H and O–H groups in total. The fourth-order valence-corrected chi connectivity index (χ4v) is 0.747. The molecule has 1 aromatic rings. The molecule has 0 amide bonds. The molecule has 3 heteroatoms. The van der Waals surface area contributed by atoms with Crippen LogP contribution in [-0.2, 0) is 5.54 Å². The monoisotopic (exact) mass is 155 g/mol. The number of nitrogens with zero attached hydrogens (tertiary/aromatic N) is 1. The van der Waals surface area contributed by atoms with E-state index >= 15 is 0 Å². The van der Waals surface area contributed by atoms with Crippen molar-refractivity contribution in [2.75, 3.05) is 0 Å². The van der Waals surface area contributed by atoms with Gasteiger partial charge in [-0.1, -0.05) is 0 Å². The molecule has 0 saturated carbocycles. The van der Waals surface area contributed by atoms with Gasteiger partial charge in [0.2, 0.25) is 0 Å². The fourth-order valence-electron chi connectivity index (χ4n) is 0.747. The quantitative estimate of drug-likeness (QED) is 0.569. The summed E-state index contributed by atoms with van der Waals surface area (Å²) in [5.74, 6) is 0. The summed E-state index contributed by atoms with van der Waals surface area (Å²) in [4.78, 5) is 10.9. The molecule has 0 aliphatic rings. The van der Waals surface area contributed by atoms with Gasteiger partial charge < -0.3 is 4.52 Å². The van der Waals surface area contributed by atoms with Crippen LogP contribution < -0.4 is 5.63 Å². The van der Waals surface area contributed by atoms with Crippen molar-refractivity contribution in [3.63, 3.8) is 0 Å². The molecular formula is C8H13NO2. The van der Waals surface area contributed by atoms with Crippen LogP contribution in [0.4, 0.5) is 0 Å². The van der Waals surface area contributed by atoms with E-state index in [9.17, 15) is 4.79 Å². The molecule has 1 aromatic heterocycles. The highest BCUT2D eigenvalue weighted by atomic mass is 16.5. The zero-order valence-corrected chi connectivity index (χ0v) is 7.34. The zero-order valence-electron chi connectivity index (χ0n) is 7.34. The van der Waals surface area contributed by atoms with Gasteiger partial charge in [-0.15, -0.1) is 0 Å². The largest absolute Gasteiger partial charge is 0.360 e. The van der Waals surface area contributed by atoms with Crippen LogP contribution >= 0.6 is 0 Å². The third-order valence-corrected chi connectivity index (χ3v) is 1.48. The highest BCUT2D eigenvalue weighted by Gasteiger charge is 2.15. The Labute approximate surface area is 65.6 Å². The molecule has 0 saturated heterocycles. The molecule has 0 radical (unpaired) electrons. The Balaban J connectivity index is 3.18. The molecule has 0 aliphatic heterocycles. The summed E-state index contributed by atoms with van der Waals surface area (Å²) in [5, 5.41) is 0. The minimum absolute atomic E-state index is 0.145. The van der Waals surface area contributed by atoms with Crippen molar-refractivity contribution in [2.45, 2.75) is 33.2 Å². The number of aromatic nitrogens is 1. The molecule has 62 valence electrons. The second kappa shape index (κ2) is 2.26. The van der Waals surface area contributed by atoms with Gasteiger partial charge in [-0.05, 0) is 27.7 Å². The van der Waals surface area contributed by atoms with Gasteiger partial charge in [0, 0.05) is 6.20 Å². The van der Waals surface area contributed by atoms with E-state index < -0.39 is 0 Å². The van der Waals surface area contributed by atoms with Crippen molar-refractivity contribution in [3.05, 3.63) is 22.2 Å². The van der Waals surface area contributed by atoms with Crippen LogP contribution in [-0.4, -0.2) is 4.74 Å². The Bertz CT molecular complexity index is 301. The summed E-state index contributed by atoms with van der Waals surface area (Å²) in [5.41, 5.74) is 0.257. The highest BCUT2D eigenvalue weighted by Crippen LogP contribution is 2.12. The first kappa shape index (κ1) is 8.11. The topological polar surface area (TPSA) is 35.1 Å². The predicted octanol–water partition coefficient (Wildman–Crippen LogP) is 1.50. The Morgan fingerprint density at radius 2 is 2.00 bits per heavy atom. The Morgan fingerprint density at radius 3 is 2.18 bits per heavy atom. The third-order valence-electron chi connectivity index (χ3n) is 1.48. The van der Waals surface area contributed by atoms with E-state index in [1.54, 1.807) is 17.9 Å². The lowest BCUT2D eigenvalue weighted by Crippen LogP contribution is -2.20. The van der Waals surface area contributed by atoms with E-state index in [2.05, 4.69) is 0 Å². The van der Waals surface area contributed by atoms with E-state index in [-0.39, 0.29) is 11.2 Å². The van der Waals surface area contributed by atoms with Crippen molar-refractivity contribution in [1.82, 2.24) is 4.74 Å². The average molecular weight is 155 g/mol. The number of hydrogen-bond acceptors (Lipinski definition) is 2. The maximum Gasteiger partial charge on any atom is 0.360 e. The molecule has 3 nitrogen and oxygen atoms in total. The molecule has 1 heterocycles. The molecular weight excluding hydrogens is 142 g/mol. The molecule has 0 atom stereocenters. The summed E-state index contributed by atoms with van der Waals surface area (Å²) in [6, 6.07) is 0. The summed E-state index contributed by atoms with van der Waals surface area (Å²) in [6.45, 7) is 7.69. The van der Waals surface area contributed by atoms with E-state index in [1.165, 1.54) is 0 Å². The highest BCUT2D eigenvalue weighted by molar-refractivity contribution is 4.99. The Morgan fingerprint density at radius 1 is 1.45 bits per heavy atom. The van der Waals surface area contributed by atoms with Gasteiger partial charge in [-0.25, -0.2) is 9.53 Å². The molecule has 0 fully saturated rings. The van der Waals surface area contributed by atoms with Crippen molar-refractivity contribution in [1.29, 1.82) is 0 Å².